The molecular formula is C16H18N4O6. The number of nitrogens with one attached hydrogen (secondary N) is 1. The third-order valence-corrected chi connectivity index (χ3v) is 3.80. The normalized spacial score (nSPS) is 10.4. The number of nitrogens with zero attached hydrogens (tertiary/aromatic N) is 3. The number of carbonyl (C=O) groups is 2. The first-order valence-corrected chi connectivity index (χ1v) is 7.64. The van der Waals surface area contributed by atoms with E-state index in [1.807, 2.05) is 0 Å². The van der Waals surface area contributed by atoms with Gasteiger partial charge in [-0.2, -0.15) is 5.10 Å². The van der Waals surface area contributed by atoms with Crippen LogP contribution in [0.25, 0.3) is 0 Å². The van der Waals surface area contributed by atoms with Gasteiger partial charge in [0.15, 0.2) is 0 Å². The van der Waals surface area contributed by atoms with Gasteiger partial charge in [-0.1, -0.05) is 0 Å². The van der Waals surface area contributed by atoms with E-state index < -0.39 is 10.9 Å². The maximum atomic E-state index is 12.2. The number of methoxy groups -OCH3 is 1. The number of aromatic carboxylic acids is 1. The molecule has 2 aromatic rings. The van der Waals surface area contributed by atoms with Crippen LogP contribution in [0.5, 0.6) is 5.75 Å². The molecule has 26 heavy (non-hydrogen) atoms. The molecule has 1 amide bonds. The summed E-state index contributed by atoms with van der Waals surface area (Å²) in [7, 11) is 1.37. The van der Waals surface area contributed by atoms with Gasteiger partial charge in [-0.3, -0.25) is 19.6 Å². The summed E-state index contributed by atoms with van der Waals surface area (Å²) >= 11 is 0. The van der Waals surface area contributed by atoms with Crippen LogP contribution in [0, 0.1) is 24.0 Å². The Labute approximate surface area is 148 Å². The largest absolute Gasteiger partial charge is 0.495 e. The molecule has 0 aliphatic heterocycles. The Balaban J connectivity index is 2.07. The zero-order valence-electron chi connectivity index (χ0n) is 14.5. The second-order valence-electron chi connectivity index (χ2n) is 5.52. The van der Waals surface area contributed by atoms with Gasteiger partial charge in [0, 0.05) is 6.42 Å². The first-order chi connectivity index (χ1) is 12.2. The van der Waals surface area contributed by atoms with E-state index in [9.17, 15) is 19.7 Å². The Morgan fingerprint density at radius 3 is 2.62 bits per heavy atom. The van der Waals surface area contributed by atoms with Crippen molar-refractivity contribution in [2.24, 2.45) is 0 Å². The molecule has 0 unspecified atom stereocenters. The molecule has 1 heterocycles. The zero-order chi connectivity index (χ0) is 19.4. The van der Waals surface area contributed by atoms with Crippen molar-refractivity contribution in [3.8, 4) is 5.75 Å². The van der Waals surface area contributed by atoms with Crippen molar-refractivity contribution in [3.63, 3.8) is 0 Å². The van der Waals surface area contributed by atoms with Gasteiger partial charge in [0.2, 0.25) is 5.91 Å². The number of carboxylic acids is 1. The zero-order valence-corrected chi connectivity index (χ0v) is 14.5. The van der Waals surface area contributed by atoms with Gasteiger partial charge in [-0.05, 0) is 32.0 Å². The Morgan fingerprint density at radius 1 is 1.38 bits per heavy atom. The second-order valence-corrected chi connectivity index (χ2v) is 5.52. The van der Waals surface area contributed by atoms with Gasteiger partial charge in [0.25, 0.3) is 0 Å². The molecule has 0 atom stereocenters. The predicted molar refractivity (Wildman–Crippen MR) is 91.6 cm³/mol. The number of amides is 1. The first-order valence-electron chi connectivity index (χ1n) is 7.64. The molecular weight excluding hydrogens is 344 g/mol. The summed E-state index contributed by atoms with van der Waals surface area (Å²) in [5.74, 6) is -1.24. The summed E-state index contributed by atoms with van der Waals surface area (Å²) in [6.45, 7) is 3.28. The van der Waals surface area contributed by atoms with Crippen LogP contribution >= 0.6 is 0 Å². The van der Waals surface area contributed by atoms with Crippen LogP contribution in [-0.4, -0.2) is 38.8 Å². The van der Waals surface area contributed by atoms with Crippen molar-refractivity contribution < 1.29 is 24.4 Å². The Morgan fingerprint density at radius 2 is 2.08 bits per heavy atom. The van der Waals surface area contributed by atoms with Crippen LogP contribution in [0.3, 0.4) is 0 Å². The summed E-state index contributed by atoms with van der Waals surface area (Å²) in [5, 5.41) is 26.7. The third-order valence-electron chi connectivity index (χ3n) is 3.80. The van der Waals surface area contributed by atoms with E-state index >= 15 is 0 Å². The number of rotatable bonds is 7. The molecule has 10 nitrogen and oxygen atoms in total. The highest BCUT2D eigenvalue weighted by atomic mass is 16.6. The minimum atomic E-state index is -1.10. The fourth-order valence-electron chi connectivity index (χ4n) is 2.52. The van der Waals surface area contributed by atoms with E-state index in [0.717, 1.165) is 0 Å². The van der Waals surface area contributed by atoms with Crippen LogP contribution in [0.4, 0.5) is 11.4 Å². The highest BCUT2D eigenvalue weighted by Crippen LogP contribution is 2.26. The lowest BCUT2D eigenvalue weighted by molar-refractivity contribution is -0.386. The van der Waals surface area contributed by atoms with Crippen molar-refractivity contribution in [3.05, 3.63) is 45.3 Å². The van der Waals surface area contributed by atoms with Crippen molar-refractivity contribution in [1.29, 1.82) is 0 Å². The standard InChI is InChI=1S/C16H18N4O6/c1-9-15(20(24)25)10(2)19(18-9)7-6-14(21)17-12-5-4-11(16(22)23)8-13(12)26-3/h4-5,8H,6-7H2,1-3H3,(H,17,21)(H,22,23). The number of carboxylic acid groups (broad SMARTS) is 1. The quantitative estimate of drug-likeness (QED) is 0.568. The smallest absolute Gasteiger partial charge is 0.335 e. The van der Waals surface area contributed by atoms with E-state index in [-0.39, 0.29) is 35.9 Å². The molecule has 0 saturated heterocycles. The maximum absolute atomic E-state index is 12.2. The van der Waals surface area contributed by atoms with Crippen LogP contribution in [0.1, 0.15) is 28.2 Å². The lowest BCUT2D eigenvalue weighted by atomic mass is 10.2. The van der Waals surface area contributed by atoms with Crippen molar-refractivity contribution in [2.75, 3.05) is 12.4 Å². The third kappa shape index (κ3) is 3.97. The van der Waals surface area contributed by atoms with Crippen molar-refractivity contribution in [2.45, 2.75) is 26.8 Å². The first kappa shape index (κ1) is 18.9. The van der Waals surface area contributed by atoms with Crippen LogP contribution in [0.2, 0.25) is 0 Å². The number of aromatic nitrogens is 2. The number of nitro groups is 1. The van der Waals surface area contributed by atoms with Crippen molar-refractivity contribution >= 4 is 23.3 Å². The number of carbonyl (C=O) groups excluding carboxylic acids is 1. The molecule has 2 rings (SSSR count). The molecule has 10 heteroatoms. The molecule has 0 aliphatic carbocycles. The van der Waals surface area contributed by atoms with Gasteiger partial charge in [0.05, 0.1) is 29.8 Å². The molecule has 138 valence electrons. The summed E-state index contributed by atoms with van der Waals surface area (Å²) in [6.07, 6.45) is 0.0307. The highest BCUT2D eigenvalue weighted by Gasteiger charge is 2.22. The van der Waals surface area contributed by atoms with E-state index in [1.54, 1.807) is 6.92 Å². The highest BCUT2D eigenvalue weighted by molar-refractivity contribution is 5.94. The maximum Gasteiger partial charge on any atom is 0.335 e. The van der Waals surface area contributed by atoms with Gasteiger partial charge in [0.1, 0.15) is 17.1 Å². The topological polar surface area (TPSA) is 137 Å². The Kier molecular flexibility index (Phi) is 5.55. The van der Waals surface area contributed by atoms with Crippen LogP contribution in [-0.2, 0) is 11.3 Å². The van der Waals surface area contributed by atoms with Gasteiger partial charge in [-0.25, -0.2) is 4.79 Å². The van der Waals surface area contributed by atoms with Gasteiger partial charge in [-0.15, -0.1) is 0 Å². The fourth-order valence-corrected chi connectivity index (χ4v) is 2.52. The Bertz CT molecular complexity index is 874. The average Bonchev–Trinajstić information content (AvgIpc) is 2.86. The average molecular weight is 362 g/mol. The van der Waals surface area contributed by atoms with E-state index in [1.165, 1.54) is 36.9 Å². The Hall–Kier alpha value is -3.43. The van der Waals surface area contributed by atoms with E-state index in [2.05, 4.69) is 10.4 Å². The van der Waals surface area contributed by atoms with Gasteiger partial charge >= 0.3 is 11.7 Å². The fraction of sp³-hybridized carbons (Fsp3) is 0.312. The molecule has 1 aromatic heterocycles. The minimum Gasteiger partial charge on any atom is -0.495 e. The molecule has 1 aromatic carbocycles. The van der Waals surface area contributed by atoms with E-state index in [4.69, 9.17) is 9.84 Å². The van der Waals surface area contributed by atoms with E-state index in [0.29, 0.717) is 17.1 Å². The summed E-state index contributed by atoms with van der Waals surface area (Å²) in [4.78, 5) is 33.6. The molecule has 0 saturated carbocycles. The monoisotopic (exact) mass is 362 g/mol. The second kappa shape index (κ2) is 7.64. The molecule has 0 aliphatic rings. The van der Waals surface area contributed by atoms with Crippen LogP contribution in [0.15, 0.2) is 18.2 Å². The molecule has 0 radical (unpaired) electrons. The predicted octanol–water partition coefficient (Wildman–Crippen LogP) is 2.14. The molecule has 0 bridgehead atoms. The summed E-state index contributed by atoms with van der Waals surface area (Å²) < 4.78 is 6.51. The molecule has 2 N–H and O–H groups in total. The lowest BCUT2D eigenvalue weighted by Gasteiger charge is -2.11. The molecule has 0 spiro atoms. The number of ether oxygens (including phenoxy) is 1. The number of hydrogen-bond donors (Lipinski definition) is 2. The molecule has 0 fully saturated rings. The number of benzene rings is 1. The lowest BCUT2D eigenvalue weighted by Crippen LogP contribution is -2.16. The SMILES string of the molecule is COc1cc(C(=O)O)ccc1NC(=O)CCn1nc(C)c([N+](=O)[O-])c1C. The summed E-state index contributed by atoms with van der Waals surface area (Å²) in [5.41, 5.74) is 0.982. The van der Waals surface area contributed by atoms with Gasteiger partial charge < -0.3 is 15.2 Å². The number of anilines is 1. The van der Waals surface area contributed by atoms with Crippen molar-refractivity contribution in [1.82, 2.24) is 9.78 Å². The summed E-state index contributed by atoms with van der Waals surface area (Å²) in [6, 6.07) is 4.10. The number of hydrogen-bond acceptors (Lipinski definition) is 6. The van der Waals surface area contributed by atoms with Crippen LogP contribution < -0.4 is 10.1 Å². The number of aryl methyl sites for hydroxylation is 2. The minimum absolute atomic E-state index is 0.0307.